The summed E-state index contributed by atoms with van der Waals surface area (Å²) in [5.74, 6) is 0.463. The van der Waals surface area contributed by atoms with E-state index in [1.807, 2.05) is 85.1 Å². The number of carbonyl (C=O) groups excluding carboxylic acids is 1. The SMILES string of the molecule is Cc1cccc(OCC(=O)Nc2cccc(-c3csc(-c4ccc(Cl)cc4)n3)c2)c1. The normalized spacial score (nSPS) is 10.6. The van der Waals surface area contributed by atoms with Gasteiger partial charge in [0, 0.05) is 27.2 Å². The maximum atomic E-state index is 12.3. The zero-order valence-corrected chi connectivity index (χ0v) is 17.8. The van der Waals surface area contributed by atoms with Crippen LogP contribution in [0.3, 0.4) is 0 Å². The molecular formula is C24H19ClN2O2S. The lowest BCUT2D eigenvalue weighted by Crippen LogP contribution is -2.20. The van der Waals surface area contributed by atoms with Gasteiger partial charge in [0.1, 0.15) is 10.8 Å². The largest absolute Gasteiger partial charge is 0.484 e. The number of halogens is 1. The highest BCUT2D eigenvalue weighted by Gasteiger charge is 2.09. The van der Waals surface area contributed by atoms with E-state index in [1.54, 1.807) is 11.3 Å². The Kier molecular flexibility index (Phi) is 6.12. The van der Waals surface area contributed by atoms with Gasteiger partial charge in [-0.25, -0.2) is 4.98 Å². The minimum Gasteiger partial charge on any atom is -0.484 e. The van der Waals surface area contributed by atoms with Gasteiger partial charge in [-0.2, -0.15) is 0 Å². The molecule has 3 aromatic carbocycles. The number of carbonyl (C=O) groups is 1. The lowest BCUT2D eigenvalue weighted by molar-refractivity contribution is -0.118. The third-order valence-electron chi connectivity index (χ3n) is 4.40. The van der Waals surface area contributed by atoms with E-state index in [-0.39, 0.29) is 12.5 Å². The van der Waals surface area contributed by atoms with Crippen molar-refractivity contribution in [1.82, 2.24) is 4.98 Å². The van der Waals surface area contributed by atoms with Crippen molar-refractivity contribution in [3.8, 4) is 27.6 Å². The first-order valence-corrected chi connectivity index (χ1v) is 10.6. The van der Waals surface area contributed by atoms with E-state index in [9.17, 15) is 4.79 Å². The van der Waals surface area contributed by atoms with E-state index in [2.05, 4.69) is 5.32 Å². The minimum atomic E-state index is -0.214. The number of hydrogen-bond donors (Lipinski definition) is 1. The molecule has 4 rings (SSSR count). The van der Waals surface area contributed by atoms with Crippen LogP contribution < -0.4 is 10.1 Å². The first kappa shape index (κ1) is 20.1. The zero-order chi connectivity index (χ0) is 20.9. The van der Waals surface area contributed by atoms with E-state index >= 15 is 0 Å². The average Bonchev–Trinajstić information content (AvgIpc) is 3.23. The molecule has 0 radical (unpaired) electrons. The summed E-state index contributed by atoms with van der Waals surface area (Å²) in [6, 6.07) is 22.9. The molecule has 0 atom stereocenters. The Morgan fingerprint density at radius 3 is 2.63 bits per heavy atom. The van der Waals surface area contributed by atoms with Gasteiger partial charge in [-0.1, -0.05) is 48.0 Å². The van der Waals surface area contributed by atoms with Gasteiger partial charge in [0.05, 0.1) is 5.69 Å². The molecule has 0 aliphatic rings. The van der Waals surface area contributed by atoms with E-state index in [0.29, 0.717) is 16.5 Å². The molecule has 0 unspecified atom stereocenters. The molecule has 150 valence electrons. The Balaban J connectivity index is 1.42. The lowest BCUT2D eigenvalue weighted by atomic mass is 10.1. The van der Waals surface area contributed by atoms with Crippen molar-refractivity contribution in [3.63, 3.8) is 0 Å². The summed E-state index contributed by atoms with van der Waals surface area (Å²) in [6.07, 6.45) is 0. The summed E-state index contributed by atoms with van der Waals surface area (Å²) >= 11 is 7.53. The molecule has 1 heterocycles. The number of nitrogens with zero attached hydrogens (tertiary/aromatic N) is 1. The first-order chi connectivity index (χ1) is 14.6. The Morgan fingerprint density at radius 2 is 1.83 bits per heavy atom. The van der Waals surface area contributed by atoms with Crippen molar-refractivity contribution in [2.24, 2.45) is 0 Å². The fourth-order valence-corrected chi connectivity index (χ4v) is 3.90. The monoisotopic (exact) mass is 434 g/mol. The van der Waals surface area contributed by atoms with Crippen molar-refractivity contribution < 1.29 is 9.53 Å². The predicted molar refractivity (Wildman–Crippen MR) is 123 cm³/mol. The molecule has 4 nitrogen and oxygen atoms in total. The number of rotatable bonds is 6. The van der Waals surface area contributed by atoms with Crippen molar-refractivity contribution >= 4 is 34.5 Å². The first-order valence-electron chi connectivity index (χ1n) is 9.38. The molecule has 0 saturated carbocycles. The van der Waals surface area contributed by atoms with Crippen LogP contribution in [-0.4, -0.2) is 17.5 Å². The molecule has 0 fully saturated rings. The maximum Gasteiger partial charge on any atom is 0.262 e. The van der Waals surface area contributed by atoms with Crippen LogP contribution in [0, 0.1) is 6.92 Å². The number of thiazole rings is 1. The number of hydrogen-bond acceptors (Lipinski definition) is 4. The van der Waals surface area contributed by atoms with Gasteiger partial charge in [0.2, 0.25) is 0 Å². The molecule has 0 aliphatic heterocycles. The molecule has 0 saturated heterocycles. The zero-order valence-electron chi connectivity index (χ0n) is 16.3. The van der Waals surface area contributed by atoms with Crippen LogP contribution in [0.2, 0.25) is 5.02 Å². The molecule has 0 aliphatic carbocycles. The Hall–Kier alpha value is -3.15. The molecule has 4 aromatic rings. The molecule has 30 heavy (non-hydrogen) atoms. The van der Waals surface area contributed by atoms with Crippen LogP contribution in [0.5, 0.6) is 5.75 Å². The van der Waals surface area contributed by atoms with E-state index in [4.69, 9.17) is 21.3 Å². The summed E-state index contributed by atoms with van der Waals surface area (Å²) in [6.45, 7) is 1.93. The molecule has 0 spiro atoms. The summed E-state index contributed by atoms with van der Waals surface area (Å²) in [4.78, 5) is 17.0. The van der Waals surface area contributed by atoms with E-state index in [0.717, 1.165) is 27.4 Å². The molecule has 1 N–H and O–H groups in total. The standard InChI is InChI=1S/C24H19ClN2O2S/c1-16-4-2-7-21(12-16)29-14-23(28)26-20-6-3-5-18(13-20)22-15-30-24(27-22)17-8-10-19(25)11-9-17/h2-13,15H,14H2,1H3,(H,26,28). The van der Waals surface area contributed by atoms with Crippen molar-refractivity contribution in [2.45, 2.75) is 6.92 Å². The van der Waals surface area contributed by atoms with Crippen molar-refractivity contribution in [2.75, 3.05) is 11.9 Å². The Bertz CT molecular complexity index is 1170. The highest BCUT2D eigenvalue weighted by atomic mass is 35.5. The van der Waals surface area contributed by atoms with E-state index in [1.165, 1.54) is 0 Å². The highest BCUT2D eigenvalue weighted by Crippen LogP contribution is 2.30. The summed E-state index contributed by atoms with van der Waals surface area (Å²) in [7, 11) is 0. The quantitative estimate of drug-likeness (QED) is 0.379. The molecular weight excluding hydrogens is 416 g/mol. The summed E-state index contributed by atoms with van der Waals surface area (Å²) in [5, 5.41) is 6.50. The van der Waals surface area contributed by atoms with Crippen LogP contribution in [0.25, 0.3) is 21.8 Å². The van der Waals surface area contributed by atoms with Gasteiger partial charge in [-0.15, -0.1) is 11.3 Å². The van der Waals surface area contributed by atoms with Crippen LogP contribution >= 0.6 is 22.9 Å². The Labute approximate surface area is 184 Å². The second-order valence-electron chi connectivity index (χ2n) is 6.78. The minimum absolute atomic E-state index is 0.0505. The number of ether oxygens (including phenoxy) is 1. The summed E-state index contributed by atoms with van der Waals surface area (Å²) < 4.78 is 5.56. The number of amides is 1. The second kappa shape index (κ2) is 9.11. The lowest BCUT2D eigenvalue weighted by Gasteiger charge is -2.09. The van der Waals surface area contributed by atoms with Crippen LogP contribution in [-0.2, 0) is 4.79 Å². The number of nitrogens with one attached hydrogen (secondary N) is 1. The van der Waals surface area contributed by atoms with Crippen LogP contribution in [0.1, 0.15) is 5.56 Å². The fraction of sp³-hybridized carbons (Fsp3) is 0.0833. The van der Waals surface area contributed by atoms with Gasteiger partial charge in [0.15, 0.2) is 6.61 Å². The molecule has 1 amide bonds. The van der Waals surface area contributed by atoms with Gasteiger partial charge >= 0.3 is 0 Å². The Morgan fingerprint density at radius 1 is 1.03 bits per heavy atom. The van der Waals surface area contributed by atoms with Crippen LogP contribution in [0.15, 0.2) is 78.2 Å². The predicted octanol–water partition coefficient (Wildman–Crippen LogP) is 6.46. The van der Waals surface area contributed by atoms with Gasteiger partial charge < -0.3 is 10.1 Å². The molecule has 1 aromatic heterocycles. The second-order valence-corrected chi connectivity index (χ2v) is 8.07. The van der Waals surface area contributed by atoms with Gasteiger partial charge in [0.25, 0.3) is 5.91 Å². The van der Waals surface area contributed by atoms with E-state index < -0.39 is 0 Å². The number of benzene rings is 3. The topological polar surface area (TPSA) is 51.2 Å². The van der Waals surface area contributed by atoms with Crippen LogP contribution in [0.4, 0.5) is 5.69 Å². The number of aryl methyl sites for hydroxylation is 1. The number of anilines is 1. The number of aromatic nitrogens is 1. The average molecular weight is 435 g/mol. The maximum absolute atomic E-state index is 12.3. The highest BCUT2D eigenvalue weighted by molar-refractivity contribution is 7.13. The fourth-order valence-electron chi connectivity index (χ4n) is 2.94. The van der Waals surface area contributed by atoms with Gasteiger partial charge in [-0.05, 0) is 48.9 Å². The summed E-state index contributed by atoms with van der Waals surface area (Å²) in [5.41, 5.74) is 4.60. The third kappa shape index (κ3) is 5.06. The third-order valence-corrected chi connectivity index (χ3v) is 5.54. The van der Waals surface area contributed by atoms with Gasteiger partial charge in [-0.3, -0.25) is 4.79 Å². The van der Waals surface area contributed by atoms with Crippen molar-refractivity contribution in [3.05, 3.63) is 88.8 Å². The molecule has 0 bridgehead atoms. The smallest absolute Gasteiger partial charge is 0.262 e. The molecule has 6 heteroatoms. The van der Waals surface area contributed by atoms with Crippen molar-refractivity contribution in [1.29, 1.82) is 0 Å².